The van der Waals surface area contributed by atoms with E-state index in [0.717, 1.165) is 0 Å². The van der Waals surface area contributed by atoms with Crippen LogP contribution in [0, 0.1) is 23.2 Å². The molecule has 17 unspecified atom stereocenters. The molecule has 0 bridgehead atoms. The van der Waals surface area contributed by atoms with E-state index in [2.05, 4.69) is 0 Å². The summed E-state index contributed by atoms with van der Waals surface area (Å²) in [5.41, 5.74) is -0.927. The number of carboxylic acids is 1. The van der Waals surface area contributed by atoms with E-state index >= 15 is 0 Å². The molecule has 4 saturated carbocycles. The van der Waals surface area contributed by atoms with Gasteiger partial charge in [0.2, 0.25) is 0 Å². The Bertz CT molecular complexity index is 2390. The number of carbonyl (C=O) groups is 3. The van der Waals surface area contributed by atoms with Gasteiger partial charge < -0.3 is 94.1 Å². The molecule has 0 aromatic carbocycles. The lowest BCUT2D eigenvalue weighted by molar-refractivity contribution is -0.388. The van der Waals surface area contributed by atoms with Crippen molar-refractivity contribution in [3.63, 3.8) is 0 Å². The summed E-state index contributed by atoms with van der Waals surface area (Å²) in [7, 11) is 44.2. The molecular weight excluding hydrogens is 1050 g/mol. The molecule has 3 aliphatic heterocycles. The third-order valence-corrected chi connectivity index (χ3v) is 19.3. The zero-order chi connectivity index (χ0) is 58.4. The maximum absolute atomic E-state index is 13.7. The number of esters is 2. The standard InChI is InChI=1S/C50H68B6O22S/c1-5-18(3)40(69)77-37-38(78-41(70)19(4)6-2)49(54,79)13-21-20-7-8-24-46(51)11-10-27(50(55,56)25(46)9-12-47(24,52)48(20,53)14-26(60)45(21,37)17-58)73-44-36(76-43-32(65)30(63)29(62)23(15-57)72-43)34(33(66)35(75-44)39(67)68)74-42-31(64)28(61)22(59)16-71-42/h5-7,21-38,42-44,57-66,79H,8-17H2,1-4H3,(H,67,68)/b18-5-,19-6-/t21?,22?,23?,24?,25?,26-,27+,28?,29?,30?,31?,32?,33?,34?,35?,36?,37+,38+,42?,43?,44?,45+,46+,47+,48+,49-/m1/s1. The molecule has 8 aliphatic rings. The Morgan fingerprint density at radius 1 is 0.722 bits per heavy atom. The van der Waals surface area contributed by atoms with E-state index in [1.807, 2.05) is 6.08 Å². The molecule has 12 radical (unpaired) electrons. The molecule has 3 saturated heterocycles. The van der Waals surface area contributed by atoms with Gasteiger partial charge in [0.1, 0.15) is 67.1 Å². The molecule has 0 aromatic heterocycles. The number of aliphatic hydroxyl groups is 10. The molecule has 0 amide bonds. The number of hydrogen-bond donors (Lipinski definition) is 12. The summed E-state index contributed by atoms with van der Waals surface area (Å²) in [5, 5.41) is 114. The number of ether oxygens (including phenoxy) is 8. The van der Waals surface area contributed by atoms with E-state index in [1.54, 1.807) is 13.8 Å². The van der Waals surface area contributed by atoms with Crippen molar-refractivity contribution in [3.8, 4) is 0 Å². The van der Waals surface area contributed by atoms with Crippen molar-refractivity contribution in [2.24, 2.45) is 23.2 Å². The molecular formula is C50H68B6O22S. The first-order valence-corrected chi connectivity index (χ1v) is 26.9. The fourth-order valence-corrected chi connectivity index (χ4v) is 14.4. The third-order valence-electron chi connectivity index (χ3n) is 18.9. The van der Waals surface area contributed by atoms with Gasteiger partial charge in [-0.25, -0.2) is 14.4 Å². The SMILES string of the molecule is [B]C1([B])C2CC[C@]3([B])C(CC=C4C5C[C@@]([B])(S)[C@@H](OC(=O)/C(C)=C\C)[C@H](OC(=O)/C(C)=C\C)[C@]5(CO)[C@H](O)C[C@]43[B])[C@@]2([B])CC[C@@H]1OC1OC(C(=O)O)C(O)C(OC2OCC(O)C(O)C2O)C1OC1OC(CO)C(O)C(O)C1O. The third kappa shape index (κ3) is 10.3. The molecule has 29 heteroatoms. The van der Waals surface area contributed by atoms with Crippen molar-refractivity contribution in [2.75, 3.05) is 19.8 Å². The van der Waals surface area contributed by atoms with E-state index in [1.165, 1.54) is 26.0 Å². The summed E-state index contributed by atoms with van der Waals surface area (Å²) in [4.78, 5) is 39.9. The van der Waals surface area contributed by atoms with Crippen LogP contribution in [0.3, 0.4) is 0 Å². The van der Waals surface area contributed by atoms with Crippen LogP contribution in [0.5, 0.6) is 0 Å². The number of rotatable bonds is 13. The highest BCUT2D eigenvalue weighted by Gasteiger charge is 2.73. The van der Waals surface area contributed by atoms with Crippen LogP contribution in [0.25, 0.3) is 0 Å². The van der Waals surface area contributed by atoms with E-state index in [-0.39, 0.29) is 56.1 Å². The molecule has 0 spiro atoms. The average Bonchev–Trinajstić information content (AvgIpc) is 3.49. The van der Waals surface area contributed by atoms with Gasteiger partial charge in [0, 0.05) is 15.8 Å². The van der Waals surface area contributed by atoms with Gasteiger partial charge in [-0.3, -0.25) is 0 Å². The highest BCUT2D eigenvalue weighted by atomic mass is 32.1. The summed E-state index contributed by atoms with van der Waals surface area (Å²) < 4.78 is 45.8. The van der Waals surface area contributed by atoms with Crippen molar-refractivity contribution >= 4 is 77.6 Å². The van der Waals surface area contributed by atoms with Gasteiger partial charge in [-0.05, 0) is 70.5 Å². The Morgan fingerprint density at radius 2 is 1.33 bits per heavy atom. The smallest absolute Gasteiger partial charge is 0.335 e. The number of carboxylic acid groups (broad SMARTS) is 1. The Balaban J connectivity index is 1.12. The number of allylic oxidation sites excluding steroid dienone is 4. The maximum Gasteiger partial charge on any atom is 0.335 e. The molecule has 79 heavy (non-hydrogen) atoms. The molecule has 7 fully saturated rings. The van der Waals surface area contributed by atoms with Gasteiger partial charge >= 0.3 is 17.9 Å². The highest BCUT2D eigenvalue weighted by molar-refractivity contribution is 7.83. The van der Waals surface area contributed by atoms with E-state index in [0.29, 0.717) is 5.57 Å². The number of aliphatic hydroxyl groups excluding tert-OH is 10. The van der Waals surface area contributed by atoms with Gasteiger partial charge in [-0.1, -0.05) is 64.8 Å². The first-order chi connectivity index (χ1) is 36.9. The molecule has 22 nitrogen and oxygen atoms in total. The lowest BCUT2D eigenvalue weighted by Gasteiger charge is -2.74. The molecule has 424 valence electrons. The van der Waals surface area contributed by atoms with Crippen LogP contribution >= 0.6 is 12.6 Å². The van der Waals surface area contributed by atoms with E-state index < -0.39 is 197 Å². The van der Waals surface area contributed by atoms with E-state index in [9.17, 15) is 70.6 Å². The second-order valence-electron chi connectivity index (χ2n) is 23.1. The van der Waals surface area contributed by atoms with Crippen molar-refractivity contribution < 1.29 is 108 Å². The number of thiol groups is 1. The minimum absolute atomic E-state index is 0.0373. The number of fused-ring (bicyclic) bond motifs is 7. The summed E-state index contributed by atoms with van der Waals surface area (Å²) >= 11 is 4.84. The Morgan fingerprint density at radius 3 is 1.92 bits per heavy atom. The monoisotopic (exact) mass is 1120 g/mol. The second kappa shape index (κ2) is 23.0. The zero-order valence-electron chi connectivity index (χ0n) is 44.2. The Kier molecular flexibility index (Phi) is 18.2. The molecule has 8 rings (SSSR count). The van der Waals surface area contributed by atoms with Gasteiger partial charge in [-0.15, -0.1) is 0 Å². The van der Waals surface area contributed by atoms with Crippen LogP contribution in [0.1, 0.15) is 72.6 Å². The first-order valence-electron chi connectivity index (χ1n) is 26.5. The normalized spacial score (nSPS) is 49.9. The molecule has 3 heterocycles. The van der Waals surface area contributed by atoms with Crippen LogP contribution in [-0.4, -0.2) is 256 Å². The lowest BCUT2D eigenvalue weighted by Crippen LogP contribution is -2.72. The summed E-state index contributed by atoms with van der Waals surface area (Å²) in [6, 6.07) is 0. The van der Waals surface area contributed by atoms with Crippen LogP contribution in [-0.2, 0) is 52.3 Å². The minimum atomic E-state index is -2.22. The van der Waals surface area contributed by atoms with E-state index in [4.69, 9.17) is 97.6 Å². The van der Waals surface area contributed by atoms with Crippen LogP contribution in [0.4, 0.5) is 0 Å². The van der Waals surface area contributed by atoms with Crippen LogP contribution in [0.15, 0.2) is 34.9 Å². The second-order valence-corrected chi connectivity index (χ2v) is 23.9. The highest BCUT2D eigenvalue weighted by Crippen LogP contribution is 2.81. The molecule has 5 aliphatic carbocycles. The van der Waals surface area contributed by atoms with Crippen molar-refractivity contribution in [1.82, 2.24) is 0 Å². The molecule has 0 aromatic rings. The van der Waals surface area contributed by atoms with Crippen LogP contribution in [0.2, 0.25) is 21.2 Å². The topological polar surface area (TPSA) is 348 Å². The van der Waals surface area contributed by atoms with Gasteiger partial charge in [0.15, 0.2) is 31.1 Å². The number of aliphatic carboxylic acids is 1. The zero-order valence-corrected chi connectivity index (χ0v) is 45.1. The number of carbonyl (C=O) groups excluding carboxylic acids is 2. The largest absolute Gasteiger partial charge is 0.479 e. The number of hydrogen-bond acceptors (Lipinski definition) is 22. The van der Waals surface area contributed by atoms with Crippen molar-refractivity contribution in [1.29, 1.82) is 0 Å². The minimum Gasteiger partial charge on any atom is -0.479 e. The van der Waals surface area contributed by atoms with Gasteiger partial charge in [0.05, 0.1) is 84.5 Å². The first kappa shape index (κ1) is 62.8. The Labute approximate surface area is 471 Å². The molecule has 26 atom stereocenters. The van der Waals surface area contributed by atoms with Gasteiger partial charge in [-0.2, -0.15) is 12.6 Å². The average molecular weight is 1120 g/mol. The summed E-state index contributed by atoms with van der Waals surface area (Å²) in [5.74, 6) is -6.03. The van der Waals surface area contributed by atoms with Crippen molar-refractivity contribution in [3.05, 3.63) is 34.9 Å². The Hall–Kier alpha value is -2.27. The lowest BCUT2D eigenvalue weighted by atomic mass is 9.20. The fourth-order valence-electron chi connectivity index (χ4n) is 14.0. The predicted octanol–water partition coefficient (Wildman–Crippen LogP) is -3.55. The van der Waals surface area contributed by atoms with Crippen molar-refractivity contribution in [2.45, 2.75) is 209 Å². The summed E-state index contributed by atoms with van der Waals surface area (Å²) in [6.07, 6.45) is -28.7. The maximum atomic E-state index is 13.7. The predicted molar refractivity (Wildman–Crippen MR) is 280 cm³/mol. The quantitative estimate of drug-likeness (QED) is 0.0212. The summed E-state index contributed by atoms with van der Waals surface area (Å²) in [6.45, 7) is 3.98. The van der Waals surface area contributed by atoms with Gasteiger partial charge in [0.25, 0.3) is 0 Å². The fraction of sp³-hybridized carbons (Fsp3) is 0.820. The van der Waals surface area contributed by atoms with Crippen LogP contribution < -0.4 is 0 Å². The molecule has 11 N–H and O–H groups in total.